The Bertz CT molecular complexity index is 1050. The first-order valence-corrected chi connectivity index (χ1v) is 10.4. The second-order valence-corrected chi connectivity index (χ2v) is 8.39. The molecule has 0 bridgehead atoms. The molecule has 1 atom stereocenters. The Hall–Kier alpha value is -2.36. The Labute approximate surface area is 173 Å². The summed E-state index contributed by atoms with van der Waals surface area (Å²) in [6.45, 7) is 1.04. The summed E-state index contributed by atoms with van der Waals surface area (Å²) in [5.41, 5.74) is 0.941. The lowest BCUT2D eigenvalue weighted by Gasteiger charge is -2.23. The third-order valence-corrected chi connectivity index (χ3v) is 6.06. The van der Waals surface area contributed by atoms with Crippen molar-refractivity contribution in [1.29, 1.82) is 0 Å². The number of nitro groups is 1. The molecule has 9 heteroatoms. The van der Waals surface area contributed by atoms with E-state index in [2.05, 4.69) is 20.9 Å². The summed E-state index contributed by atoms with van der Waals surface area (Å²) >= 11 is 4.86. The molecular formula is C19H16BrN3O4S. The highest BCUT2D eigenvalue weighted by atomic mass is 79.9. The first-order chi connectivity index (χ1) is 13.5. The van der Waals surface area contributed by atoms with E-state index in [4.69, 9.17) is 4.74 Å². The fraction of sp³-hybridized carbons (Fsp3) is 0.263. The molecule has 1 saturated heterocycles. The molecule has 1 aliphatic heterocycles. The van der Waals surface area contributed by atoms with E-state index >= 15 is 0 Å². The normalized spacial score (nSPS) is 16.4. The minimum absolute atomic E-state index is 0.0682. The van der Waals surface area contributed by atoms with Crippen LogP contribution < -0.4 is 4.90 Å². The smallest absolute Gasteiger partial charge is 0.270 e. The van der Waals surface area contributed by atoms with Gasteiger partial charge >= 0.3 is 0 Å². The van der Waals surface area contributed by atoms with Crippen LogP contribution in [0.25, 0.3) is 10.2 Å². The minimum Gasteiger partial charge on any atom is -0.376 e. The second-order valence-electron chi connectivity index (χ2n) is 6.47. The van der Waals surface area contributed by atoms with Gasteiger partial charge in [-0.15, -0.1) is 0 Å². The van der Waals surface area contributed by atoms with Gasteiger partial charge in [0, 0.05) is 28.8 Å². The number of aromatic nitrogens is 1. The van der Waals surface area contributed by atoms with Crippen molar-refractivity contribution < 1.29 is 14.5 Å². The Balaban J connectivity index is 1.72. The van der Waals surface area contributed by atoms with Gasteiger partial charge in [-0.1, -0.05) is 33.3 Å². The Morgan fingerprint density at radius 3 is 2.96 bits per heavy atom. The van der Waals surface area contributed by atoms with Gasteiger partial charge in [0.2, 0.25) is 0 Å². The molecule has 0 saturated carbocycles. The molecule has 0 radical (unpaired) electrons. The van der Waals surface area contributed by atoms with E-state index < -0.39 is 4.92 Å². The number of non-ortho nitro benzene ring substituents is 1. The lowest BCUT2D eigenvalue weighted by atomic mass is 10.1. The highest BCUT2D eigenvalue weighted by Gasteiger charge is 2.27. The molecule has 0 N–H and O–H groups in total. The first-order valence-electron chi connectivity index (χ1n) is 8.75. The van der Waals surface area contributed by atoms with Crippen molar-refractivity contribution in [2.45, 2.75) is 18.9 Å². The molecule has 1 unspecified atom stereocenters. The fourth-order valence-electron chi connectivity index (χ4n) is 3.15. The van der Waals surface area contributed by atoms with Crippen LogP contribution in [0.4, 0.5) is 10.8 Å². The van der Waals surface area contributed by atoms with Crippen molar-refractivity contribution >= 4 is 54.2 Å². The number of anilines is 1. The van der Waals surface area contributed by atoms with E-state index in [1.54, 1.807) is 11.0 Å². The standard InChI is InChI=1S/C19H16BrN3O4S/c20-13-6-7-16-17(10-13)28-19(21-16)22(11-15-5-2-8-27-15)18(24)12-3-1-4-14(9-12)23(25)26/h1,3-4,6-7,9-10,15H,2,5,8,11H2. The minimum atomic E-state index is -0.504. The molecule has 1 aromatic heterocycles. The number of ether oxygens (including phenoxy) is 1. The Morgan fingerprint density at radius 2 is 2.21 bits per heavy atom. The molecular weight excluding hydrogens is 446 g/mol. The third-order valence-electron chi connectivity index (χ3n) is 4.53. The number of hydrogen-bond acceptors (Lipinski definition) is 6. The molecule has 0 spiro atoms. The van der Waals surface area contributed by atoms with E-state index in [1.807, 2.05) is 18.2 Å². The van der Waals surface area contributed by atoms with Crippen molar-refractivity contribution in [2.75, 3.05) is 18.1 Å². The zero-order chi connectivity index (χ0) is 19.7. The maximum Gasteiger partial charge on any atom is 0.270 e. The lowest BCUT2D eigenvalue weighted by molar-refractivity contribution is -0.384. The van der Waals surface area contributed by atoms with Crippen molar-refractivity contribution in [3.05, 3.63) is 62.6 Å². The van der Waals surface area contributed by atoms with Gasteiger partial charge < -0.3 is 4.74 Å². The van der Waals surface area contributed by atoms with Crippen LogP contribution in [-0.2, 0) is 4.74 Å². The second kappa shape index (κ2) is 7.94. The summed E-state index contributed by atoms with van der Waals surface area (Å²) in [7, 11) is 0. The molecule has 3 aromatic rings. The maximum atomic E-state index is 13.3. The molecule has 2 heterocycles. The number of amides is 1. The quantitative estimate of drug-likeness (QED) is 0.402. The van der Waals surface area contributed by atoms with Crippen LogP contribution in [-0.4, -0.2) is 35.1 Å². The van der Waals surface area contributed by atoms with Gasteiger partial charge in [0.15, 0.2) is 5.13 Å². The van der Waals surface area contributed by atoms with Crippen molar-refractivity contribution in [1.82, 2.24) is 4.98 Å². The topological polar surface area (TPSA) is 85.6 Å². The molecule has 1 amide bonds. The van der Waals surface area contributed by atoms with Crippen LogP contribution in [0.1, 0.15) is 23.2 Å². The highest BCUT2D eigenvalue weighted by Crippen LogP contribution is 2.32. The fourth-order valence-corrected chi connectivity index (χ4v) is 4.68. The lowest BCUT2D eigenvalue weighted by Crippen LogP contribution is -2.37. The molecule has 7 nitrogen and oxygen atoms in total. The summed E-state index contributed by atoms with van der Waals surface area (Å²) in [5.74, 6) is -0.322. The zero-order valence-electron chi connectivity index (χ0n) is 14.7. The van der Waals surface area contributed by atoms with Crippen molar-refractivity contribution in [3.63, 3.8) is 0 Å². The molecule has 1 aliphatic rings. The number of carbonyl (C=O) groups is 1. The summed E-state index contributed by atoms with van der Waals surface area (Å²) in [6.07, 6.45) is 1.76. The Morgan fingerprint density at radius 1 is 1.36 bits per heavy atom. The van der Waals surface area contributed by atoms with Crippen molar-refractivity contribution in [2.24, 2.45) is 0 Å². The van der Waals surface area contributed by atoms with Gasteiger partial charge in [-0.05, 0) is 37.1 Å². The maximum absolute atomic E-state index is 13.3. The number of benzene rings is 2. The molecule has 144 valence electrons. The van der Waals surface area contributed by atoms with Crippen LogP contribution in [0, 0.1) is 10.1 Å². The predicted octanol–water partition coefficient (Wildman–Crippen LogP) is 4.79. The van der Waals surface area contributed by atoms with Gasteiger partial charge in [0.1, 0.15) is 0 Å². The van der Waals surface area contributed by atoms with Gasteiger partial charge in [0.05, 0.1) is 27.8 Å². The molecule has 4 rings (SSSR count). The van der Waals surface area contributed by atoms with Crippen LogP contribution in [0.15, 0.2) is 46.9 Å². The average molecular weight is 462 g/mol. The van der Waals surface area contributed by atoms with Gasteiger partial charge in [0.25, 0.3) is 11.6 Å². The average Bonchev–Trinajstić information content (AvgIpc) is 3.34. The van der Waals surface area contributed by atoms with Crippen molar-refractivity contribution in [3.8, 4) is 0 Å². The first kappa shape index (κ1) is 19.0. The summed E-state index contributed by atoms with van der Waals surface area (Å²) in [6, 6.07) is 11.5. The van der Waals surface area contributed by atoms with Crippen LogP contribution in [0.5, 0.6) is 0 Å². The number of carbonyl (C=O) groups excluding carboxylic acids is 1. The molecule has 28 heavy (non-hydrogen) atoms. The summed E-state index contributed by atoms with van der Waals surface area (Å²) < 4.78 is 7.60. The number of nitrogens with zero attached hydrogens (tertiary/aromatic N) is 3. The van der Waals surface area contributed by atoms with Gasteiger partial charge in [-0.3, -0.25) is 19.8 Å². The summed E-state index contributed by atoms with van der Waals surface area (Å²) in [4.78, 5) is 30.0. The van der Waals surface area contributed by atoms with E-state index in [0.29, 0.717) is 18.3 Å². The van der Waals surface area contributed by atoms with Gasteiger partial charge in [-0.25, -0.2) is 4.98 Å². The molecule has 0 aliphatic carbocycles. The van der Waals surface area contributed by atoms with E-state index in [0.717, 1.165) is 27.5 Å². The third kappa shape index (κ3) is 3.91. The zero-order valence-corrected chi connectivity index (χ0v) is 17.1. The van der Waals surface area contributed by atoms with Gasteiger partial charge in [-0.2, -0.15) is 0 Å². The van der Waals surface area contributed by atoms with Crippen LogP contribution >= 0.6 is 27.3 Å². The number of nitro benzene ring substituents is 1. The SMILES string of the molecule is O=C(c1cccc([N+](=O)[O-])c1)N(CC1CCCO1)c1nc2ccc(Br)cc2s1. The number of rotatable bonds is 5. The number of halogens is 1. The summed E-state index contributed by atoms with van der Waals surface area (Å²) in [5, 5.41) is 11.6. The van der Waals surface area contributed by atoms with Crippen LogP contribution in [0.3, 0.4) is 0 Å². The number of thiazole rings is 1. The largest absolute Gasteiger partial charge is 0.376 e. The monoisotopic (exact) mass is 461 g/mol. The number of hydrogen-bond donors (Lipinski definition) is 0. The van der Waals surface area contributed by atoms with E-state index in [9.17, 15) is 14.9 Å². The van der Waals surface area contributed by atoms with Crippen LogP contribution in [0.2, 0.25) is 0 Å². The molecule has 2 aromatic carbocycles. The number of fused-ring (bicyclic) bond motifs is 1. The predicted molar refractivity (Wildman–Crippen MR) is 111 cm³/mol. The van der Waals surface area contributed by atoms with E-state index in [1.165, 1.54) is 29.5 Å². The molecule has 1 fully saturated rings. The van der Waals surface area contributed by atoms with E-state index in [-0.39, 0.29) is 23.3 Å². The Kier molecular flexibility index (Phi) is 5.38. The highest BCUT2D eigenvalue weighted by molar-refractivity contribution is 9.10.